The highest BCUT2D eigenvalue weighted by Crippen LogP contribution is 2.29. The first-order valence-electron chi connectivity index (χ1n) is 9.08. The molecular weight excluding hydrogens is 379 g/mol. The summed E-state index contributed by atoms with van der Waals surface area (Å²) in [5.74, 6) is -0.292. The summed E-state index contributed by atoms with van der Waals surface area (Å²) in [6.45, 7) is 1.89. The molecule has 1 fully saturated rings. The number of hydrogen-bond donors (Lipinski definition) is 1. The van der Waals surface area contributed by atoms with Crippen LogP contribution in [-0.4, -0.2) is 50.2 Å². The molecule has 29 heavy (non-hydrogen) atoms. The minimum absolute atomic E-state index is 0.0261. The number of aryl methyl sites for hydroxylation is 1. The smallest absolute Gasteiger partial charge is 0.249 e. The van der Waals surface area contributed by atoms with E-state index in [0.29, 0.717) is 11.5 Å². The van der Waals surface area contributed by atoms with Gasteiger partial charge in [-0.2, -0.15) is 0 Å². The van der Waals surface area contributed by atoms with Crippen LogP contribution < -0.4 is 14.8 Å². The Kier molecular flexibility index (Phi) is 6.33. The summed E-state index contributed by atoms with van der Waals surface area (Å²) in [4.78, 5) is 26.7. The standard InChI is InChI=1S/C21H23FN2O5/c1-13-4-6-15(22)16(8-13)23-21(26)17-11-29-12-20(25)24(17)10-14-5-7-18(27-2)19(9-14)28-3/h4-9,17H,10-12H2,1-3H3,(H,23,26)/t17-/m0/s1. The Hall–Kier alpha value is -3.13. The van der Waals surface area contributed by atoms with Gasteiger partial charge in [-0.15, -0.1) is 0 Å². The fourth-order valence-electron chi connectivity index (χ4n) is 3.15. The van der Waals surface area contributed by atoms with Gasteiger partial charge in [-0.1, -0.05) is 12.1 Å². The number of nitrogens with zero attached hydrogens (tertiary/aromatic N) is 1. The Morgan fingerprint density at radius 1 is 1.21 bits per heavy atom. The van der Waals surface area contributed by atoms with Crippen LogP contribution in [0.1, 0.15) is 11.1 Å². The van der Waals surface area contributed by atoms with Gasteiger partial charge in [0, 0.05) is 6.54 Å². The van der Waals surface area contributed by atoms with E-state index in [0.717, 1.165) is 11.1 Å². The third kappa shape index (κ3) is 4.65. The molecule has 0 radical (unpaired) electrons. The van der Waals surface area contributed by atoms with Crippen LogP contribution in [0.15, 0.2) is 36.4 Å². The highest BCUT2D eigenvalue weighted by atomic mass is 19.1. The average molecular weight is 402 g/mol. The van der Waals surface area contributed by atoms with Crippen LogP contribution in [0.3, 0.4) is 0 Å². The Morgan fingerprint density at radius 3 is 2.69 bits per heavy atom. The minimum Gasteiger partial charge on any atom is -0.493 e. The second-order valence-corrected chi connectivity index (χ2v) is 6.71. The van der Waals surface area contributed by atoms with Crippen LogP contribution in [0, 0.1) is 12.7 Å². The predicted octanol–water partition coefficient (Wildman–Crippen LogP) is 2.52. The number of morpholine rings is 1. The monoisotopic (exact) mass is 402 g/mol. The maximum Gasteiger partial charge on any atom is 0.249 e. The number of amides is 2. The molecule has 154 valence electrons. The van der Waals surface area contributed by atoms with E-state index in [-0.39, 0.29) is 31.4 Å². The van der Waals surface area contributed by atoms with Crippen molar-refractivity contribution in [1.29, 1.82) is 0 Å². The van der Waals surface area contributed by atoms with Gasteiger partial charge in [0.15, 0.2) is 11.5 Å². The van der Waals surface area contributed by atoms with Gasteiger partial charge in [-0.25, -0.2) is 4.39 Å². The van der Waals surface area contributed by atoms with E-state index < -0.39 is 17.8 Å². The van der Waals surface area contributed by atoms with Crippen molar-refractivity contribution in [2.45, 2.75) is 19.5 Å². The average Bonchev–Trinajstić information content (AvgIpc) is 2.72. The molecule has 0 bridgehead atoms. The van der Waals surface area contributed by atoms with E-state index in [1.807, 2.05) is 0 Å². The van der Waals surface area contributed by atoms with Crippen molar-refractivity contribution in [2.75, 3.05) is 32.8 Å². The number of carbonyl (C=O) groups excluding carboxylic acids is 2. The van der Waals surface area contributed by atoms with E-state index >= 15 is 0 Å². The number of hydrogen-bond acceptors (Lipinski definition) is 5. The Balaban J connectivity index is 1.81. The van der Waals surface area contributed by atoms with Crippen molar-refractivity contribution in [1.82, 2.24) is 4.90 Å². The first-order valence-corrected chi connectivity index (χ1v) is 9.08. The normalized spacial score (nSPS) is 16.5. The molecule has 2 amide bonds. The predicted molar refractivity (Wildman–Crippen MR) is 104 cm³/mol. The zero-order chi connectivity index (χ0) is 21.0. The number of nitrogens with one attached hydrogen (secondary N) is 1. The zero-order valence-corrected chi connectivity index (χ0v) is 16.5. The largest absolute Gasteiger partial charge is 0.493 e. The first kappa shape index (κ1) is 20.6. The Labute approximate surface area is 168 Å². The van der Waals surface area contributed by atoms with Crippen molar-refractivity contribution in [3.63, 3.8) is 0 Å². The highest BCUT2D eigenvalue weighted by molar-refractivity contribution is 5.98. The Bertz CT molecular complexity index is 918. The second kappa shape index (κ2) is 8.91. The van der Waals surface area contributed by atoms with E-state index in [9.17, 15) is 14.0 Å². The van der Waals surface area contributed by atoms with Crippen molar-refractivity contribution in [3.05, 3.63) is 53.3 Å². The molecule has 8 heteroatoms. The van der Waals surface area contributed by atoms with Crippen molar-refractivity contribution >= 4 is 17.5 Å². The third-order valence-corrected chi connectivity index (χ3v) is 4.68. The molecule has 0 unspecified atom stereocenters. The summed E-state index contributed by atoms with van der Waals surface area (Å²) in [6, 6.07) is 8.82. The molecule has 0 aliphatic carbocycles. The van der Waals surface area contributed by atoms with E-state index in [1.54, 1.807) is 31.2 Å². The van der Waals surface area contributed by atoms with Crippen LogP contribution in [0.2, 0.25) is 0 Å². The SMILES string of the molecule is COc1ccc(CN2C(=O)COC[C@H]2C(=O)Nc2cc(C)ccc2F)cc1OC. The topological polar surface area (TPSA) is 77.1 Å². The van der Waals surface area contributed by atoms with Crippen LogP contribution >= 0.6 is 0 Å². The summed E-state index contributed by atoms with van der Waals surface area (Å²) < 4.78 is 29.8. The number of halogens is 1. The van der Waals surface area contributed by atoms with Crippen molar-refractivity contribution in [2.24, 2.45) is 0 Å². The molecule has 7 nitrogen and oxygen atoms in total. The fourth-order valence-corrected chi connectivity index (χ4v) is 3.15. The molecule has 0 aromatic heterocycles. The number of rotatable bonds is 6. The fraction of sp³-hybridized carbons (Fsp3) is 0.333. The molecule has 1 heterocycles. The van der Waals surface area contributed by atoms with Gasteiger partial charge < -0.3 is 24.4 Å². The van der Waals surface area contributed by atoms with Gasteiger partial charge in [-0.3, -0.25) is 9.59 Å². The molecule has 0 saturated carbocycles. The molecule has 1 aliphatic heterocycles. The first-order chi connectivity index (χ1) is 13.9. The summed E-state index contributed by atoms with van der Waals surface area (Å²) >= 11 is 0. The van der Waals surface area contributed by atoms with Gasteiger partial charge in [0.05, 0.1) is 26.5 Å². The number of benzene rings is 2. The number of methoxy groups -OCH3 is 2. The maximum absolute atomic E-state index is 14.0. The lowest BCUT2D eigenvalue weighted by Gasteiger charge is -2.34. The third-order valence-electron chi connectivity index (χ3n) is 4.68. The summed E-state index contributed by atoms with van der Waals surface area (Å²) in [5.41, 5.74) is 1.64. The summed E-state index contributed by atoms with van der Waals surface area (Å²) in [5, 5.41) is 2.57. The van der Waals surface area contributed by atoms with E-state index in [4.69, 9.17) is 14.2 Å². The molecule has 2 aromatic carbocycles. The van der Waals surface area contributed by atoms with Crippen LogP contribution in [0.4, 0.5) is 10.1 Å². The second-order valence-electron chi connectivity index (χ2n) is 6.71. The van der Waals surface area contributed by atoms with E-state index in [1.165, 1.54) is 31.3 Å². The van der Waals surface area contributed by atoms with Crippen LogP contribution in [-0.2, 0) is 20.9 Å². The number of ether oxygens (including phenoxy) is 3. The maximum atomic E-state index is 14.0. The molecule has 1 aliphatic rings. The lowest BCUT2D eigenvalue weighted by Crippen LogP contribution is -2.54. The minimum atomic E-state index is -0.885. The summed E-state index contributed by atoms with van der Waals surface area (Å²) in [7, 11) is 3.06. The lowest BCUT2D eigenvalue weighted by molar-refractivity contribution is -0.154. The quantitative estimate of drug-likeness (QED) is 0.804. The molecule has 0 spiro atoms. The summed E-state index contributed by atoms with van der Waals surface area (Å²) in [6.07, 6.45) is 0. The van der Waals surface area contributed by atoms with Gasteiger partial charge >= 0.3 is 0 Å². The highest BCUT2D eigenvalue weighted by Gasteiger charge is 2.34. The molecule has 1 N–H and O–H groups in total. The Morgan fingerprint density at radius 2 is 1.97 bits per heavy atom. The van der Waals surface area contributed by atoms with Crippen LogP contribution in [0.25, 0.3) is 0 Å². The van der Waals surface area contributed by atoms with Gasteiger partial charge in [0.1, 0.15) is 18.5 Å². The molecule has 1 atom stereocenters. The number of anilines is 1. The molecule has 1 saturated heterocycles. The van der Waals surface area contributed by atoms with Crippen LogP contribution in [0.5, 0.6) is 11.5 Å². The zero-order valence-electron chi connectivity index (χ0n) is 16.5. The van der Waals surface area contributed by atoms with Crippen molar-refractivity contribution < 1.29 is 28.2 Å². The van der Waals surface area contributed by atoms with Gasteiger partial charge in [-0.05, 0) is 42.3 Å². The molecule has 3 rings (SSSR count). The van der Waals surface area contributed by atoms with Gasteiger partial charge in [0.2, 0.25) is 11.8 Å². The molecular formula is C21H23FN2O5. The van der Waals surface area contributed by atoms with Gasteiger partial charge in [0.25, 0.3) is 0 Å². The number of carbonyl (C=O) groups is 2. The van der Waals surface area contributed by atoms with Crippen molar-refractivity contribution in [3.8, 4) is 11.5 Å². The molecule has 2 aromatic rings. The van der Waals surface area contributed by atoms with E-state index in [2.05, 4.69) is 5.32 Å². The lowest BCUT2D eigenvalue weighted by atomic mass is 10.1.